The molecule has 1 aliphatic rings. The van der Waals surface area contributed by atoms with Crippen LogP contribution in [0.1, 0.15) is 27.9 Å². The molecule has 3 amide bonds. The Balaban J connectivity index is 1.55. The van der Waals surface area contributed by atoms with Crippen molar-refractivity contribution < 1.29 is 9.59 Å². The molecule has 0 saturated heterocycles. The summed E-state index contributed by atoms with van der Waals surface area (Å²) in [6.45, 7) is 5.05. The van der Waals surface area contributed by atoms with Crippen LogP contribution < -0.4 is 15.5 Å². The van der Waals surface area contributed by atoms with Crippen LogP contribution in [0.2, 0.25) is 0 Å². The number of amides is 3. The molecule has 0 spiro atoms. The Morgan fingerprint density at radius 2 is 2.15 bits per heavy atom. The third-order valence-electron chi connectivity index (χ3n) is 4.31. The summed E-state index contributed by atoms with van der Waals surface area (Å²) in [5.41, 5.74) is 3.56. The van der Waals surface area contributed by atoms with E-state index in [2.05, 4.69) is 15.6 Å². The minimum atomic E-state index is -0.180. The molecule has 26 heavy (non-hydrogen) atoms. The number of urea groups is 1. The molecule has 0 aliphatic carbocycles. The van der Waals surface area contributed by atoms with Crippen LogP contribution in [0.3, 0.4) is 0 Å². The molecule has 1 aromatic carbocycles. The fourth-order valence-corrected chi connectivity index (χ4v) is 4.03. The zero-order valence-corrected chi connectivity index (χ0v) is 15.4. The van der Waals surface area contributed by atoms with Gasteiger partial charge in [-0.05, 0) is 38.0 Å². The van der Waals surface area contributed by atoms with Crippen molar-refractivity contribution in [1.82, 2.24) is 14.7 Å². The molecular weight excluding hydrogens is 350 g/mol. The van der Waals surface area contributed by atoms with Crippen molar-refractivity contribution in [2.75, 3.05) is 23.3 Å². The van der Waals surface area contributed by atoms with Crippen molar-refractivity contribution in [3.8, 4) is 0 Å². The van der Waals surface area contributed by atoms with E-state index in [9.17, 15) is 9.59 Å². The van der Waals surface area contributed by atoms with Gasteiger partial charge < -0.3 is 10.6 Å². The zero-order valence-electron chi connectivity index (χ0n) is 14.6. The summed E-state index contributed by atoms with van der Waals surface area (Å²) in [5, 5.41) is 5.74. The molecule has 8 heteroatoms. The number of aromatic nitrogens is 2. The minimum absolute atomic E-state index is 0.107. The van der Waals surface area contributed by atoms with E-state index < -0.39 is 0 Å². The molecule has 4 rings (SSSR count). The second-order valence-electron chi connectivity index (χ2n) is 6.20. The smallest absolute Gasteiger partial charge is 0.321 e. The SMILES string of the molecule is CCNC(=O)N1CCc2ccc(NC(=O)c3cn4cc(C)nc4s3)cc21. The molecule has 0 radical (unpaired) electrons. The van der Waals surface area contributed by atoms with Gasteiger partial charge in [-0.15, -0.1) is 0 Å². The van der Waals surface area contributed by atoms with Crippen LogP contribution in [0, 0.1) is 6.92 Å². The standard InChI is InChI=1S/C18H19N5O2S/c1-3-19-17(25)23-7-6-12-4-5-13(8-14(12)23)21-16(24)15-10-22-9-11(2)20-18(22)26-15/h4-5,8-10H,3,6-7H2,1-2H3,(H,19,25)(H,21,24). The van der Waals surface area contributed by atoms with E-state index in [0.29, 0.717) is 23.7 Å². The first kappa shape index (κ1) is 16.6. The summed E-state index contributed by atoms with van der Waals surface area (Å²) in [4.78, 5) is 32.2. The lowest BCUT2D eigenvalue weighted by Crippen LogP contribution is -2.38. The number of aryl methyl sites for hydroxylation is 1. The lowest BCUT2D eigenvalue weighted by molar-refractivity contribution is 0.103. The summed E-state index contributed by atoms with van der Waals surface area (Å²) in [6, 6.07) is 5.60. The fourth-order valence-electron chi connectivity index (χ4n) is 3.13. The van der Waals surface area contributed by atoms with Gasteiger partial charge >= 0.3 is 6.03 Å². The second-order valence-corrected chi connectivity index (χ2v) is 7.21. The third kappa shape index (κ3) is 2.92. The highest BCUT2D eigenvalue weighted by molar-refractivity contribution is 7.19. The largest absolute Gasteiger partial charge is 0.338 e. The zero-order chi connectivity index (χ0) is 18.3. The summed E-state index contributed by atoms with van der Waals surface area (Å²) in [5.74, 6) is -0.180. The van der Waals surface area contributed by atoms with Gasteiger partial charge in [0.1, 0.15) is 4.88 Å². The van der Waals surface area contributed by atoms with Crippen molar-refractivity contribution in [2.45, 2.75) is 20.3 Å². The van der Waals surface area contributed by atoms with Crippen molar-refractivity contribution in [2.24, 2.45) is 0 Å². The molecule has 0 bridgehead atoms. The van der Waals surface area contributed by atoms with Crippen molar-refractivity contribution in [3.05, 3.63) is 46.7 Å². The number of nitrogens with zero attached hydrogens (tertiary/aromatic N) is 3. The molecular formula is C18H19N5O2S. The highest BCUT2D eigenvalue weighted by Gasteiger charge is 2.25. The molecule has 0 saturated carbocycles. The number of carbonyl (C=O) groups is 2. The average Bonchev–Trinajstić information content (AvgIpc) is 3.27. The Labute approximate surface area is 154 Å². The molecule has 2 N–H and O–H groups in total. The maximum absolute atomic E-state index is 12.5. The molecule has 0 fully saturated rings. The number of nitrogens with one attached hydrogen (secondary N) is 2. The molecule has 0 unspecified atom stereocenters. The number of anilines is 2. The normalized spacial score (nSPS) is 13.1. The third-order valence-corrected chi connectivity index (χ3v) is 5.31. The minimum Gasteiger partial charge on any atom is -0.338 e. The van der Waals surface area contributed by atoms with Crippen LogP contribution >= 0.6 is 11.3 Å². The van der Waals surface area contributed by atoms with Crippen LogP contribution in [-0.2, 0) is 6.42 Å². The number of carbonyl (C=O) groups excluding carboxylic acids is 2. The van der Waals surface area contributed by atoms with Crippen molar-refractivity contribution in [1.29, 1.82) is 0 Å². The number of benzene rings is 1. The van der Waals surface area contributed by atoms with Crippen LogP contribution in [-0.4, -0.2) is 34.4 Å². The molecule has 3 heterocycles. The topological polar surface area (TPSA) is 78.7 Å². The highest BCUT2D eigenvalue weighted by Crippen LogP contribution is 2.31. The molecule has 0 atom stereocenters. The van der Waals surface area contributed by atoms with Gasteiger partial charge in [0.25, 0.3) is 5.91 Å². The maximum atomic E-state index is 12.5. The van der Waals surface area contributed by atoms with Gasteiger partial charge in [0.05, 0.1) is 11.4 Å². The predicted octanol–water partition coefficient (Wildman–Crippen LogP) is 3.05. The molecule has 2 aromatic heterocycles. The first-order chi connectivity index (χ1) is 12.5. The second kappa shape index (κ2) is 6.45. The Bertz CT molecular complexity index is 975. The Hall–Kier alpha value is -2.87. The fraction of sp³-hybridized carbons (Fsp3) is 0.278. The van der Waals surface area contributed by atoms with Gasteiger partial charge in [-0.3, -0.25) is 14.1 Å². The predicted molar refractivity (Wildman–Crippen MR) is 102 cm³/mol. The van der Waals surface area contributed by atoms with Crippen molar-refractivity contribution >= 4 is 39.6 Å². The van der Waals surface area contributed by atoms with Crippen LogP contribution in [0.4, 0.5) is 16.2 Å². The van der Waals surface area contributed by atoms with Crippen LogP contribution in [0.15, 0.2) is 30.6 Å². The summed E-state index contributed by atoms with van der Waals surface area (Å²) >= 11 is 1.35. The van der Waals surface area contributed by atoms with Gasteiger partial charge in [-0.1, -0.05) is 17.4 Å². The van der Waals surface area contributed by atoms with Gasteiger partial charge in [-0.25, -0.2) is 9.78 Å². The number of imidazole rings is 1. The number of rotatable bonds is 3. The number of hydrogen-bond donors (Lipinski definition) is 2. The summed E-state index contributed by atoms with van der Waals surface area (Å²) < 4.78 is 1.86. The van der Waals surface area contributed by atoms with E-state index >= 15 is 0 Å². The number of hydrogen-bond acceptors (Lipinski definition) is 4. The Morgan fingerprint density at radius 1 is 1.31 bits per heavy atom. The van der Waals surface area contributed by atoms with Crippen LogP contribution in [0.5, 0.6) is 0 Å². The average molecular weight is 369 g/mol. The van der Waals surface area contributed by atoms with Gasteiger partial charge in [0.2, 0.25) is 0 Å². The molecule has 3 aromatic rings. The lowest BCUT2D eigenvalue weighted by Gasteiger charge is -2.18. The van der Waals surface area contributed by atoms with Gasteiger partial charge in [0, 0.05) is 31.2 Å². The Kier molecular flexibility index (Phi) is 4.12. The van der Waals surface area contributed by atoms with E-state index in [4.69, 9.17) is 0 Å². The van der Waals surface area contributed by atoms with E-state index in [1.54, 1.807) is 11.1 Å². The highest BCUT2D eigenvalue weighted by atomic mass is 32.1. The Morgan fingerprint density at radius 3 is 2.92 bits per heavy atom. The van der Waals surface area contributed by atoms with E-state index in [1.807, 2.05) is 42.6 Å². The van der Waals surface area contributed by atoms with Gasteiger partial charge in [0.15, 0.2) is 4.96 Å². The quantitative estimate of drug-likeness (QED) is 0.745. The van der Waals surface area contributed by atoms with Crippen molar-refractivity contribution in [3.63, 3.8) is 0 Å². The van der Waals surface area contributed by atoms with Gasteiger partial charge in [-0.2, -0.15) is 0 Å². The molecule has 134 valence electrons. The number of thiazole rings is 1. The summed E-state index contributed by atoms with van der Waals surface area (Å²) in [7, 11) is 0. The van der Waals surface area contributed by atoms with E-state index in [0.717, 1.165) is 28.3 Å². The monoisotopic (exact) mass is 369 g/mol. The first-order valence-electron chi connectivity index (χ1n) is 8.50. The number of fused-ring (bicyclic) bond motifs is 2. The molecule has 7 nitrogen and oxygen atoms in total. The summed E-state index contributed by atoms with van der Waals surface area (Å²) in [6.07, 6.45) is 4.49. The van der Waals surface area contributed by atoms with Crippen LogP contribution in [0.25, 0.3) is 4.96 Å². The van der Waals surface area contributed by atoms with E-state index in [1.165, 1.54) is 11.3 Å². The molecule has 1 aliphatic heterocycles. The van der Waals surface area contributed by atoms with E-state index in [-0.39, 0.29) is 11.9 Å². The maximum Gasteiger partial charge on any atom is 0.321 e. The lowest BCUT2D eigenvalue weighted by atomic mass is 10.1. The first-order valence-corrected chi connectivity index (χ1v) is 9.31.